The van der Waals surface area contributed by atoms with E-state index >= 15 is 0 Å². The van der Waals surface area contributed by atoms with Crippen LogP contribution in [0.3, 0.4) is 0 Å². The van der Waals surface area contributed by atoms with Gasteiger partial charge >= 0.3 is 5.97 Å². The quantitative estimate of drug-likeness (QED) is 0.244. The van der Waals surface area contributed by atoms with E-state index in [0.29, 0.717) is 53.0 Å². The monoisotopic (exact) mass is 484 g/mol. The van der Waals surface area contributed by atoms with E-state index in [0.717, 1.165) is 17.5 Å². The van der Waals surface area contributed by atoms with Crippen molar-refractivity contribution in [1.82, 2.24) is 10.2 Å². The molecule has 4 rings (SSSR count). The zero-order valence-corrected chi connectivity index (χ0v) is 20.3. The van der Waals surface area contributed by atoms with Crippen molar-refractivity contribution < 1.29 is 24.1 Å². The summed E-state index contributed by atoms with van der Waals surface area (Å²) < 4.78 is 17.1. The molecule has 0 bridgehead atoms. The first-order chi connectivity index (χ1) is 17.5. The van der Waals surface area contributed by atoms with Gasteiger partial charge in [0.1, 0.15) is 29.5 Å². The van der Waals surface area contributed by atoms with Gasteiger partial charge in [0.05, 0.1) is 17.9 Å². The third-order valence-electron chi connectivity index (χ3n) is 5.48. The lowest BCUT2D eigenvalue weighted by Crippen LogP contribution is -2.05. The molecule has 3 aromatic carbocycles. The number of aromatic nitrogens is 2. The number of aryl methyl sites for hydroxylation is 1. The van der Waals surface area contributed by atoms with Crippen LogP contribution in [0.4, 0.5) is 0 Å². The van der Waals surface area contributed by atoms with Crippen LogP contribution in [0.1, 0.15) is 40.5 Å². The van der Waals surface area contributed by atoms with Gasteiger partial charge in [0.25, 0.3) is 0 Å². The number of aromatic amines is 1. The summed E-state index contributed by atoms with van der Waals surface area (Å²) in [5.74, 6) is 1.17. The van der Waals surface area contributed by atoms with Crippen molar-refractivity contribution in [3.05, 3.63) is 95.7 Å². The van der Waals surface area contributed by atoms with Crippen molar-refractivity contribution in [2.45, 2.75) is 26.9 Å². The molecule has 0 saturated carbocycles. The number of rotatable bonds is 10. The highest BCUT2D eigenvalue weighted by molar-refractivity contribution is 5.89. The minimum absolute atomic E-state index is 0.0138. The lowest BCUT2D eigenvalue weighted by Gasteiger charge is -2.11. The van der Waals surface area contributed by atoms with Crippen LogP contribution in [0.2, 0.25) is 0 Å². The van der Waals surface area contributed by atoms with Crippen molar-refractivity contribution in [2.75, 3.05) is 6.61 Å². The Morgan fingerprint density at radius 2 is 1.78 bits per heavy atom. The number of nitrogens with one attached hydrogen (secondary N) is 1. The standard InChI is InChI=1S/C29H28N2O5/c1-4-16-34-29(33)22-10-12-23(13-11-22)36-28-19(3)30-31-27(28)25-15-14-24(17-26(25)32)35-18-21-8-6-20(5-2)7-9-21/h5-15,17,32H,2,4,16,18H2,1,3H3,(H,30,31). The van der Waals surface area contributed by atoms with E-state index in [2.05, 4.69) is 16.8 Å². The molecule has 1 heterocycles. The molecule has 4 aromatic rings. The van der Waals surface area contributed by atoms with Gasteiger partial charge in [-0.3, -0.25) is 5.10 Å². The lowest BCUT2D eigenvalue weighted by atomic mass is 10.1. The SMILES string of the molecule is C=Cc1ccc(COc2ccc(-c3n[nH]c(C)c3Oc3ccc(C(=O)OCCC)cc3)c(O)c2)cc1. The molecule has 0 radical (unpaired) electrons. The van der Waals surface area contributed by atoms with Gasteiger partial charge < -0.3 is 19.3 Å². The Hall–Kier alpha value is -4.52. The minimum atomic E-state index is -0.371. The van der Waals surface area contributed by atoms with Crippen LogP contribution < -0.4 is 9.47 Å². The number of aromatic hydroxyl groups is 1. The molecule has 184 valence electrons. The van der Waals surface area contributed by atoms with Crippen LogP contribution in [-0.4, -0.2) is 27.9 Å². The van der Waals surface area contributed by atoms with Gasteiger partial charge in [-0.1, -0.05) is 43.8 Å². The third kappa shape index (κ3) is 5.75. The first-order valence-electron chi connectivity index (χ1n) is 11.7. The molecule has 0 aliphatic heterocycles. The Balaban J connectivity index is 1.47. The van der Waals surface area contributed by atoms with Crippen molar-refractivity contribution in [3.8, 4) is 34.3 Å². The Bertz CT molecular complexity index is 1340. The van der Waals surface area contributed by atoms with E-state index in [4.69, 9.17) is 14.2 Å². The van der Waals surface area contributed by atoms with Crippen molar-refractivity contribution in [2.24, 2.45) is 0 Å². The molecule has 0 saturated heterocycles. The number of carbonyl (C=O) groups is 1. The third-order valence-corrected chi connectivity index (χ3v) is 5.48. The number of phenolic OH excluding ortho intramolecular Hbond substituents is 1. The van der Waals surface area contributed by atoms with E-state index in [1.165, 1.54) is 0 Å². The number of H-pyrrole nitrogens is 1. The van der Waals surface area contributed by atoms with Crippen molar-refractivity contribution in [1.29, 1.82) is 0 Å². The predicted octanol–water partition coefficient (Wildman–Crippen LogP) is 6.67. The van der Waals surface area contributed by atoms with Crippen molar-refractivity contribution in [3.63, 3.8) is 0 Å². The minimum Gasteiger partial charge on any atom is -0.507 e. The smallest absolute Gasteiger partial charge is 0.338 e. The number of ether oxygens (including phenoxy) is 3. The average molecular weight is 485 g/mol. The summed E-state index contributed by atoms with van der Waals surface area (Å²) >= 11 is 0. The number of carbonyl (C=O) groups excluding carboxylic acids is 1. The fraction of sp³-hybridized carbons (Fsp3) is 0.172. The van der Waals surface area contributed by atoms with Gasteiger partial charge in [-0.15, -0.1) is 0 Å². The second kappa shape index (κ2) is 11.3. The normalized spacial score (nSPS) is 10.6. The predicted molar refractivity (Wildman–Crippen MR) is 138 cm³/mol. The van der Waals surface area contributed by atoms with Crippen LogP contribution in [-0.2, 0) is 11.3 Å². The molecule has 36 heavy (non-hydrogen) atoms. The maximum Gasteiger partial charge on any atom is 0.338 e. The summed E-state index contributed by atoms with van der Waals surface area (Å²) in [6.45, 7) is 8.27. The number of hydrogen-bond donors (Lipinski definition) is 2. The number of esters is 1. The molecule has 0 amide bonds. The maximum atomic E-state index is 12.0. The molecule has 2 N–H and O–H groups in total. The summed E-state index contributed by atoms with van der Waals surface area (Å²) in [6.07, 6.45) is 2.55. The van der Waals surface area contributed by atoms with Crippen LogP contribution >= 0.6 is 0 Å². The van der Waals surface area contributed by atoms with E-state index in [-0.39, 0.29) is 11.7 Å². The molecule has 0 atom stereocenters. The molecular formula is C29H28N2O5. The highest BCUT2D eigenvalue weighted by atomic mass is 16.5. The van der Waals surface area contributed by atoms with Gasteiger partial charge in [-0.2, -0.15) is 5.10 Å². The summed E-state index contributed by atoms with van der Waals surface area (Å²) in [6, 6.07) is 19.6. The number of phenols is 1. The van der Waals surface area contributed by atoms with Gasteiger partial charge in [0.2, 0.25) is 0 Å². The molecule has 7 nitrogen and oxygen atoms in total. The first kappa shape index (κ1) is 24.6. The van der Waals surface area contributed by atoms with Crippen LogP contribution in [0.15, 0.2) is 73.3 Å². The molecule has 0 aliphatic carbocycles. The van der Waals surface area contributed by atoms with E-state index < -0.39 is 0 Å². The Labute approximate surface area is 210 Å². The average Bonchev–Trinajstić information content (AvgIpc) is 3.26. The Morgan fingerprint density at radius 3 is 2.44 bits per heavy atom. The summed E-state index contributed by atoms with van der Waals surface area (Å²) in [7, 11) is 0. The van der Waals surface area contributed by atoms with Gasteiger partial charge in [-0.05, 0) is 60.9 Å². The summed E-state index contributed by atoms with van der Waals surface area (Å²) in [5.41, 5.74) is 4.15. The fourth-order valence-corrected chi connectivity index (χ4v) is 3.50. The zero-order chi connectivity index (χ0) is 25.5. The Morgan fingerprint density at radius 1 is 1.06 bits per heavy atom. The van der Waals surface area contributed by atoms with E-state index in [1.54, 1.807) is 48.5 Å². The number of hydrogen-bond acceptors (Lipinski definition) is 6. The number of nitrogens with zero attached hydrogens (tertiary/aromatic N) is 1. The topological polar surface area (TPSA) is 93.7 Å². The highest BCUT2D eigenvalue weighted by Gasteiger charge is 2.19. The van der Waals surface area contributed by atoms with Gasteiger partial charge in [-0.25, -0.2) is 4.79 Å². The van der Waals surface area contributed by atoms with Crippen molar-refractivity contribution >= 4 is 12.0 Å². The summed E-state index contributed by atoms with van der Waals surface area (Å²) in [5, 5.41) is 18.0. The van der Waals surface area contributed by atoms with Crippen LogP contribution in [0.25, 0.3) is 17.3 Å². The molecule has 0 unspecified atom stereocenters. The lowest BCUT2D eigenvalue weighted by molar-refractivity contribution is 0.0505. The molecule has 0 aliphatic rings. The second-order valence-electron chi connectivity index (χ2n) is 8.20. The molecule has 0 spiro atoms. The largest absolute Gasteiger partial charge is 0.507 e. The maximum absolute atomic E-state index is 12.0. The number of benzene rings is 3. The second-order valence-corrected chi connectivity index (χ2v) is 8.20. The highest BCUT2D eigenvalue weighted by Crippen LogP contribution is 2.39. The zero-order valence-electron chi connectivity index (χ0n) is 20.3. The molecule has 1 aromatic heterocycles. The van der Waals surface area contributed by atoms with E-state index in [9.17, 15) is 9.90 Å². The Kier molecular flexibility index (Phi) is 7.70. The van der Waals surface area contributed by atoms with Gasteiger partial charge in [0.15, 0.2) is 5.75 Å². The molecule has 7 heteroatoms. The first-order valence-corrected chi connectivity index (χ1v) is 11.7. The molecular weight excluding hydrogens is 456 g/mol. The van der Waals surface area contributed by atoms with Crippen LogP contribution in [0, 0.1) is 6.92 Å². The molecule has 0 fully saturated rings. The fourth-order valence-electron chi connectivity index (χ4n) is 3.50. The summed E-state index contributed by atoms with van der Waals surface area (Å²) in [4.78, 5) is 12.0. The van der Waals surface area contributed by atoms with E-state index in [1.807, 2.05) is 38.1 Å². The van der Waals surface area contributed by atoms with Gasteiger partial charge in [0, 0.05) is 11.6 Å². The van der Waals surface area contributed by atoms with Crippen LogP contribution in [0.5, 0.6) is 23.0 Å².